The Morgan fingerprint density at radius 2 is 2.25 bits per heavy atom. The minimum Gasteiger partial charge on any atom is -0.396 e. The monoisotopic (exact) mass is 222 g/mol. The maximum Gasteiger partial charge on any atom is 0.141 e. The summed E-state index contributed by atoms with van der Waals surface area (Å²) in [5.41, 5.74) is 3.69. The van der Waals surface area contributed by atoms with Gasteiger partial charge in [0, 0.05) is 37.6 Å². The van der Waals surface area contributed by atoms with Crippen molar-refractivity contribution in [2.45, 2.75) is 12.8 Å². The average molecular weight is 222 g/mol. The lowest BCUT2D eigenvalue weighted by Crippen LogP contribution is -2.34. The maximum atomic E-state index is 9.07. The van der Waals surface area contributed by atoms with E-state index in [-0.39, 0.29) is 0 Å². The van der Waals surface area contributed by atoms with Gasteiger partial charge in [-0.05, 0) is 24.8 Å². The standard InChI is InChI=1S/C11H18N4O/c12-14-11-7-10(1-4-13-11)15-5-2-9(8-16)3-6-15/h1,4,7,9,16H,2-3,5-6,8,12H2,(H,13,14). The van der Waals surface area contributed by atoms with E-state index in [0.717, 1.165) is 31.6 Å². The summed E-state index contributed by atoms with van der Waals surface area (Å²) in [6, 6.07) is 3.93. The molecule has 2 heterocycles. The Morgan fingerprint density at radius 3 is 2.88 bits per heavy atom. The van der Waals surface area contributed by atoms with Gasteiger partial charge in [0.05, 0.1) is 0 Å². The number of nitrogen functional groups attached to an aromatic ring is 1. The lowest BCUT2D eigenvalue weighted by Gasteiger charge is -2.32. The minimum absolute atomic E-state index is 0.305. The topological polar surface area (TPSA) is 74.4 Å². The molecule has 5 nitrogen and oxygen atoms in total. The summed E-state index contributed by atoms with van der Waals surface area (Å²) >= 11 is 0. The summed E-state index contributed by atoms with van der Waals surface area (Å²) in [6.07, 6.45) is 3.84. The molecule has 0 unspecified atom stereocenters. The number of anilines is 2. The second kappa shape index (κ2) is 5.14. The molecule has 88 valence electrons. The van der Waals surface area contributed by atoms with Gasteiger partial charge >= 0.3 is 0 Å². The Labute approximate surface area is 95.2 Å². The van der Waals surface area contributed by atoms with Gasteiger partial charge in [0.2, 0.25) is 0 Å². The molecule has 16 heavy (non-hydrogen) atoms. The predicted octanol–water partition coefficient (Wildman–Crippen LogP) is 0.576. The van der Waals surface area contributed by atoms with Crippen LogP contribution in [0.25, 0.3) is 0 Å². The third-order valence-corrected chi connectivity index (χ3v) is 3.13. The summed E-state index contributed by atoms with van der Waals surface area (Å²) < 4.78 is 0. The number of hydrogen-bond donors (Lipinski definition) is 3. The van der Waals surface area contributed by atoms with Crippen molar-refractivity contribution in [3.05, 3.63) is 18.3 Å². The molecule has 1 aliphatic rings. The van der Waals surface area contributed by atoms with Crippen LogP contribution in [-0.4, -0.2) is 29.8 Å². The van der Waals surface area contributed by atoms with Crippen LogP contribution in [0.4, 0.5) is 11.5 Å². The van der Waals surface area contributed by atoms with Crippen LogP contribution in [0.15, 0.2) is 18.3 Å². The Kier molecular flexibility index (Phi) is 3.58. The van der Waals surface area contributed by atoms with Crippen LogP contribution in [0, 0.1) is 5.92 Å². The number of nitrogens with zero attached hydrogens (tertiary/aromatic N) is 2. The van der Waals surface area contributed by atoms with Crippen molar-refractivity contribution in [3.63, 3.8) is 0 Å². The molecule has 1 saturated heterocycles. The quantitative estimate of drug-likeness (QED) is 0.515. The van der Waals surface area contributed by atoms with Crippen LogP contribution in [-0.2, 0) is 0 Å². The van der Waals surface area contributed by atoms with Crippen LogP contribution in [0.1, 0.15) is 12.8 Å². The zero-order valence-corrected chi connectivity index (χ0v) is 9.26. The van der Waals surface area contributed by atoms with E-state index in [0.29, 0.717) is 18.3 Å². The number of nitrogens with two attached hydrogens (primary N) is 1. The van der Waals surface area contributed by atoms with Gasteiger partial charge in [-0.3, -0.25) is 0 Å². The largest absolute Gasteiger partial charge is 0.396 e. The molecule has 0 amide bonds. The highest BCUT2D eigenvalue weighted by Gasteiger charge is 2.18. The van der Waals surface area contributed by atoms with Crippen molar-refractivity contribution in [1.29, 1.82) is 0 Å². The second-order valence-corrected chi connectivity index (χ2v) is 4.16. The smallest absolute Gasteiger partial charge is 0.141 e. The van der Waals surface area contributed by atoms with Gasteiger partial charge in [0.15, 0.2) is 0 Å². The first kappa shape index (κ1) is 11.2. The Hall–Kier alpha value is -1.33. The Bertz CT molecular complexity index is 337. The van der Waals surface area contributed by atoms with Gasteiger partial charge < -0.3 is 15.4 Å². The fourth-order valence-electron chi connectivity index (χ4n) is 2.07. The summed E-state index contributed by atoms with van der Waals surface area (Å²) in [5, 5.41) is 9.07. The molecule has 0 atom stereocenters. The number of aromatic nitrogens is 1. The van der Waals surface area contributed by atoms with Crippen LogP contribution in [0.3, 0.4) is 0 Å². The normalized spacial score (nSPS) is 17.5. The number of aliphatic hydroxyl groups is 1. The maximum absolute atomic E-state index is 9.07. The van der Waals surface area contributed by atoms with E-state index in [1.807, 2.05) is 12.1 Å². The molecule has 0 aliphatic carbocycles. The van der Waals surface area contributed by atoms with Gasteiger partial charge in [-0.2, -0.15) is 0 Å². The number of hydrazine groups is 1. The Balaban J connectivity index is 2.02. The van der Waals surface area contributed by atoms with E-state index in [1.54, 1.807) is 6.20 Å². The van der Waals surface area contributed by atoms with Crippen molar-refractivity contribution >= 4 is 11.5 Å². The highest BCUT2D eigenvalue weighted by atomic mass is 16.3. The number of aliphatic hydroxyl groups excluding tert-OH is 1. The number of piperidine rings is 1. The molecule has 1 aromatic heterocycles. The molecular weight excluding hydrogens is 204 g/mol. The average Bonchev–Trinajstić information content (AvgIpc) is 2.39. The molecule has 0 radical (unpaired) electrons. The summed E-state index contributed by atoms with van der Waals surface area (Å²) in [7, 11) is 0. The lowest BCUT2D eigenvalue weighted by atomic mass is 9.97. The van der Waals surface area contributed by atoms with Gasteiger partial charge in [-0.15, -0.1) is 0 Å². The van der Waals surface area contributed by atoms with E-state index in [4.69, 9.17) is 10.9 Å². The first-order chi connectivity index (χ1) is 7.83. The molecule has 0 aromatic carbocycles. The van der Waals surface area contributed by atoms with E-state index in [2.05, 4.69) is 15.3 Å². The van der Waals surface area contributed by atoms with Crippen molar-refractivity contribution in [2.24, 2.45) is 11.8 Å². The summed E-state index contributed by atoms with van der Waals surface area (Å²) in [6.45, 7) is 2.28. The fourth-order valence-corrected chi connectivity index (χ4v) is 2.07. The first-order valence-corrected chi connectivity index (χ1v) is 5.62. The lowest BCUT2D eigenvalue weighted by molar-refractivity contribution is 0.203. The highest BCUT2D eigenvalue weighted by Crippen LogP contribution is 2.23. The Morgan fingerprint density at radius 1 is 1.50 bits per heavy atom. The fraction of sp³-hybridized carbons (Fsp3) is 0.545. The molecule has 0 bridgehead atoms. The predicted molar refractivity (Wildman–Crippen MR) is 64.1 cm³/mol. The molecular formula is C11H18N4O. The molecule has 4 N–H and O–H groups in total. The van der Waals surface area contributed by atoms with Crippen LogP contribution in [0.2, 0.25) is 0 Å². The van der Waals surface area contributed by atoms with E-state index >= 15 is 0 Å². The third kappa shape index (κ3) is 2.43. The SMILES string of the molecule is NNc1cc(N2CCC(CO)CC2)ccn1. The van der Waals surface area contributed by atoms with Crippen LogP contribution in [0.5, 0.6) is 0 Å². The van der Waals surface area contributed by atoms with Crippen molar-refractivity contribution in [1.82, 2.24) is 4.98 Å². The van der Waals surface area contributed by atoms with Crippen molar-refractivity contribution < 1.29 is 5.11 Å². The number of hydrogen-bond acceptors (Lipinski definition) is 5. The highest BCUT2D eigenvalue weighted by molar-refractivity contribution is 5.53. The van der Waals surface area contributed by atoms with E-state index < -0.39 is 0 Å². The van der Waals surface area contributed by atoms with E-state index in [9.17, 15) is 0 Å². The van der Waals surface area contributed by atoms with Crippen molar-refractivity contribution in [2.75, 3.05) is 30.0 Å². The number of nitrogens with one attached hydrogen (secondary N) is 1. The van der Waals surface area contributed by atoms with Crippen LogP contribution >= 0.6 is 0 Å². The van der Waals surface area contributed by atoms with Gasteiger partial charge in [0.1, 0.15) is 5.82 Å². The molecule has 2 rings (SSSR count). The van der Waals surface area contributed by atoms with Crippen molar-refractivity contribution in [3.8, 4) is 0 Å². The molecule has 1 aliphatic heterocycles. The minimum atomic E-state index is 0.305. The summed E-state index contributed by atoms with van der Waals surface area (Å²) in [5.74, 6) is 6.47. The molecule has 1 fully saturated rings. The number of rotatable bonds is 3. The third-order valence-electron chi connectivity index (χ3n) is 3.13. The van der Waals surface area contributed by atoms with E-state index in [1.165, 1.54) is 0 Å². The molecule has 5 heteroatoms. The molecule has 0 spiro atoms. The molecule has 1 aromatic rings. The summed E-state index contributed by atoms with van der Waals surface area (Å²) in [4.78, 5) is 6.38. The zero-order chi connectivity index (χ0) is 11.4. The first-order valence-electron chi connectivity index (χ1n) is 5.62. The molecule has 0 saturated carbocycles. The second-order valence-electron chi connectivity index (χ2n) is 4.16. The zero-order valence-electron chi connectivity index (χ0n) is 9.26. The van der Waals surface area contributed by atoms with Gasteiger partial charge in [0.25, 0.3) is 0 Å². The van der Waals surface area contributed by atoms with Crippen LogP contribution < -0.4 is 16.2 Å². The van der Waals surface area contributed by atoms with Gasteiger partial charge in [-0.1, -0.05) is 0 Å². The van der Waals surface area contributed by atoms with Gasteiger partial charge in [-0.25, -0.2) is 10.8 Å². The number of pyridine rings is 1.